The SMILES string of the molecule is CC(=CCSCc1c(-c2ccc(Cl)cc2)oc2c(O)cc(O)cc2c1=O)CCC[C@H](C)CCC[C@H](C)CCCC(C)C. The number of aromatic hydroxyl groups is 2. The Hall–Kier alpha value is -2.37. The Kier molecular flexibility index (Phi) is 13.9. The fourth-order valence-corrected chi connectivity index (χ4v) is 6.55. The van der Waals surface area contributed by atoms with E-state index in [4.69, 9.17) is 16.0 Å². The molecule has 1 heterocycles. The molecule has 4 nitrogen and oxygen atoms in total. The van der Waals surface area contributed by atoms with Gasteiger partial charge in [0.05, 0.1) is 10.9 Å². The molecule has 3 rings (SSSR count). The monoisotopic (exact) mass is 612 g/mol. The van der Waals surface area contributed by atoms with E-state index in [1.165, 1.54) is 69.1 Å². The smallest absolute Gasteiger partial charge is 0.197 e. The Morgan fingerprint density at radius 1 is 0.929 bits per heavy atom. The second kappa shape index (κ2) is 17.1. The van der Waals surface area contributed by atoms with Crippen molar-refractivity contribution in [2.75, 3.05) is 5.75 Å². The number of hydrogen-bond acceptors (Lipinski definition) is 5. The summed E-state index contributed by atoms with van der Waals surface area (Å²) in [5.41, 5.74) is 2.42. The maximum atomic E-state index is 13.5. The zero-order valence-corrected chi connectivity index (χ0v) is 27.6. The fraction of sp³-hybridized carbons (Fsp3) is 0.528. The van der Waals surface area contributed by atoms with E-state index >= 15 is 0 Å². The normalized spacial score (nSPS) is 13.6. The van der Waals surface area contributed by atoms with Crippen molar-refractivity contribution in [2.45, 2.75) is 98.2 Å². The van der Waals surface area contributed by atoms with Crippen molar-refractivity contribution in [3.63, 3.8) is 0 Å². The van der Waals surface area contributed by atoms with Crippen molar-refractivity contribution in [2.24, 2.45) is 17.8 Å². The first kappa shape index (κ1) is 34.1. The highest BCUT2D eigenvalue weighted by Crippen LogP contribution is 2.35. The number of halogens is 1. The molecule has 0 aliphatic rings. The molecule has 230 valence electrons. The van der Waals surface area contributed by atoms with Gasteiger partial charge in [0.15, 0.2) is 16.8 Å². The topological polar surface area (TPSA) is 70.7 Å². The summed E-state index contributed by atoms with van der Waals surface area (Å²) < 4.78 is 6.07. The van der Waals surface area contributed by atoms with Crippen LogP contribution in [0, 0.1) is 17.8 Å². The molecule has 0 amide bonds. The lowest BCUT2D eigenvalue weighted by molar-refractivity contribution is 0.389. The third-order valence-electron chi connectivity index (χ3n) is 8.09. The van der Waals surface area contributed by atoms with Crippen LogP contribution in [0.25, 0.3) is 22.3 Å². The van der Waals surface area contributed by atoms with Gasteiger partial charge < -0.3 is 14.6 Å². The summed E-state index contributed by atoms with van der Waals surface area (Å²) in [4.78, 5) is 13.5. The molecular formula is C36H49ClO4S. The predicted octanol–water partition coefficient (Wildman–Crippen LogP) is 11.1. The van der Waals surface area contributed by atoms with Crippen LogP contribution in [0.15, 0.2) is 57.3 Å². The van der Waals surface area contributed by atoms with Crippen molar-refractivity contribution in [3.8, 4) is 22.8 Å². The van der Waals surface area contributed by atoms with Gasteiger partial charge in [-0.2, -0.15) is 11.8 Å². The molecule has 2 N–H and O–H groups in total. The van der Waals surface area contributed by atoms with E-state index in [0.29, 0.717) is 27.7 Å². The van der Waals surface area contributed by atoms with Gasteiger partial charge in [0.25, 0.3) is 0 Å². The third-order valence-corrected chi connectivity index (χ3v) is 9.24. The molecule has 0 radical (unpaired) electrons. The fourth-order valence-electron chi connectivity index (χ4n) is 5.44. The average molecular weight is 613 g/mol. The summed E-state index contributed by atoms with van der Waals surface area (Å²) in [6.45, 7) is 11.6. The van der Waals surface area contributed by atoms with Gasteiger partial charge in [-0.1, -0.05) is 95.9 Å². The third kappa shape index (κ3) is 10.7. The molecule has 0 fully saturated rings. The molecule has 2 aromatic carbocycles. The van der Waals surface area contributed by atoms with Gasteiger partial charge in [0, 0.05) is 28.2 Å². The average Bonchev–Trinajstić information content (AvgIpc) is 2.92. The van der Waals surface area contributed by atoms with Crippen LogP contribution in [0.4, 0.5) is 0 Å². The Balaban J connectivity index is 1.51. The molecule has 2 atom stereocenters. The summed E-state index contributed by atoms with van der Waals surface area (Å²) in [5.74, 6) is 3.65. The first-order valence-corrected chi connectivity index (χ1v) is 17.1. The number of fused-ring (bicyclic) bond motifs is 1. The van der Waals surface area contributed by atoms with E-state index in [9.17, 15) is 15.0 Å². The molecule has 1 aromatic heterocycles. The maximum Gasteiger partial charge on any atom is 0.197 e. The Bertz CT molecular complexity index is 1360. The van der Waals surface area contributed by atoms with Crippen molar-refractivity contribution in [3.05, 3.63) is 68.9 Å². The lowest BCUT2D eigenvalue weighted by Crippen LogP contribution is -2.10. The second-order valence-corrected chi connectivity index (χ2v) is 14.0. The van der Waals surface area contributed by atoms with E-state index < -0.39 is 0 Å². The number of phenols is 2. The first-order chi connectivity index (χ1) is 20.0. The van der Waals surface area contributed by atoms with Gasteiger partial charge in [-0.25, -0.2) is 0 Å². The lowest BCUT2D eigenvalue weighted by Gasteiger charge is -2.15. The van der Waals surface area contributed by atoms with Gasteiger partial charge >= 0.3 is 0 Å². The predicted molar refractivity (Wildman–Crippen MR) is 181 cm³/mol. The number of thioether (sulfide) groups is 1. The highest BCUT2D eigenvalue weighted by Gasteiger charge is 2.19. The number of phenolic OH excluding ortho intramolecular Hbond substituents is 2. The van der Waals surface area contributed by atoms with Crippen molar-refractivity contribution in [1.29, 1.82) is 0 Å². The number of rotatable bonds is 17. The molecular weight excluding hydrogens is 564 g/mol. The second-order valence-electron chi connectivity index (χ2n) is 12.5. The summed E-state index contributed by atoms with van der Waals surface area (Å²) in [6, 6.07) is 9.63. The van der Waals surface area contributed by atoms with Gasteiger partial charge in [0.1, 0.15) is 11.5 Å². The molecule has 0 bridgehead atoms. The molecule has 0 saturated heterocycles. The minimum Gasteiger partial charge on any atom is -0.508 e. The quantitative estimate of drug-likeness (QED) is 0.117. The van der Waals surface area contributed by atoms with E-state index in [1.807, 2.05) is 0 Å². The summed E-state index contributed by atoms with van der Waals surface area (Å²) in [6.07, 6.45) is 14.0. The summed E-state index contributed by atoms with van der Waals surface area (Å²) in [5, 5.41) is 21.1. The highest BCUT2D eigenvalue weighted by atomic mass is 35.5. The van der Waals surface area contributed by atoms with E-state index in [1.54, 1.807) is 36.0 Å². The van der Waals surface area contributed by atoms with Crippen LogP contribution in [-0.2, 0) is 5.75 Å². The van der Waals surface area contributed by atoms with E-state index in [-0.39, 0.29) is 27.9 Å². The standard InChI is InChI=1S/C36H49ClO4S/c1-24(2)9-6-10-25(3)11-7-12-26(4)13-8-14-27(5)19-20-42-23-32-34(40)31-21-30(38)22-33(39)36(31)41-35(32)28-15-17-29(37)18-16-28/h15-19,21-22,24-26,38-39H,6-14,20,23H2,1-5H3/t25-,26-/m1/s1. The van der Waals surface area contributed by atoms with Gasteiger partial charge in [-0.3, -0.25) is 4.79 Å². The molecule has 0 spiro atoms. The Labute approximate surface area is 261 Å². The van der Waals surface area contributed by atoms with Crippen LogP contribution in [0.1, 0.15) is 98.0 Å². The number of hydrogen-bond donors (Lipinski definition) is 2. The van der Waals surface area contributed by atoms with E-state index in [2.05, 4.69) is 40.7 Å². The molecule has 3 aromatic rings. The van der Waals surface area contributed by atoms with Gasteiger partial charge in [-0.15, -0.1) is 0 Å². The van der Waals surface area contributed by atoms with Crippen LogP contribution in [0.5, 0.6) is 11.5 Å². The number of benzene rings is 2. The van der Waals surface area contributed by atoms with E-state index in [0.717, 1.165) is 29.9 Å². The zero-order chi connectivity index (χ0) is 30.6. The zero-order valence-electron chi connectivity index (χ0n) is 26.0. The minimum absolute atomic E-state index is 0.0672. The Morgan fingerprint density at radius 2 is 1.55 bits per heavy atom. The van der Waals surface area contributed by atoms with Crippen LogP contribution < -0.4 is 5.43 Å². The van der Waals surface area contributed by atoms with Crippen LogP contribution >= 0.6 is 23.4 Å². The van der Waals surface area contributed by atoms with Crippen molar-refractivity contribution >= 4 is 34.3 Å². The van der Waals surface area contributed by atoms with Gasteiger partial charge in [-0.05, 0) is 67.9 Å². The van der Waals surface area contributed by atoms with Crippen molar-refractivity contribution in [1.82, 2.24) is 0 Å². The van der Waals surface area contributed by atoms with Crippen LogP contribution in [-0.4, -0.2) is 16.0 Å². The molecule has 0 aliphatic heterocycles. The summed E-state index contributed by atoms with van der Waals surface area (Å²) in [7, 11) is 0. The highest BCUT2D eigenvalue weighted by molar-refractivity contribution is 7.98. The molecule has 6 heteroatoms. The van der Waals surface area contributed by atoms with Crippen LogP contribution in [0.2, 0.25) is 5.02 Å². The molecule has 0 aliphatic carbocycles. The molecule has 0 saturated carbocycles. The van der Waals surface area contributed by atoms with Gasteiger partial charge in [0.2, 0.25) is 0 Å². The van der Waals surface area contributed by atoms with Crippen molar-refractivity contribution < 1.29 is 14.6 Å². The maximum absolute atomic E-state index is 13.5. The van der Waals surface area contributed by atoms with Crippen LogP contribution in [0.3, 0.4) is 0 Å². The summed E-state index contributed by atoms with van der Waals surface area (Å²) >= 11 is 7.73. The Morgan fingerprint density at radius 3 is 2.19 bits per heavy atom. The largest absolute Gasteiger partial charge is 0.508 e. The lowest BCUT2D eigenvalue weighted by atomic mass is 9.91. The molecule has 0 unspecified atom stereocenters. The minimum atomic E-state index is -0.268. The molecule has 42 heavy (non-hydrogen) atoms. The first-order valence-electron chi connectivity index (χ1n) is 15.6. The number of allylic oxidation sites excluding steroid dienone is 1.